The highest BCUT2D eigenvalue weighted by atomic mass is 15.0. The topological polar surface area (TPSA) is 24.1 Å². The SMILES string of the molecule is CC(CCc1ccccc1)NC1CCCNCC1. The van der Waals surface area contributed by atoms with Crippen LogP contribution in [-0.4, -0.2) is 25.2 Å². The van der Waals surface area contributed by atoms with Crippen LogP contribution in [0.25, 0.3) is 0 Å². The average Bonchev–Trinajstić information content (AvgIpc) is 2.66. The minimum absolute atomic E-state index is 0.619. The zero-order valence-corrected chi connectivity index (χ0v) is 11.5. The molecule has 1 saturated heterocycles. The molecule has 1 aliphatic rings. The van der Waals surface area contributed by atoms with Crippen LogP contribution in [0.4, 0.5) is 0 Å². The van der Waals surface area contributed by atoms with Crippen LogP contribution in [0.1, 0.15) is 38.2 Å². The molecule has 0 spiro atoms. The monoisotopic (exact) mass is 246 g/mol. The van der Waals surface area contributed by atoms with Gasteiger partial charge in [-0.05, 0) is 57.7 Å². The predicted molar refractivity (Wildman–Crippen MR) is 77.9 cm³/mol. The molecule has 2 rings (SSSR count). The fraction of sp³-hybridized carbons (Fsp3) is 0.625. The Morgan fingerprint density at radius 1 is 1.22 bits per heavy atom. The summed E-state index contributed by atoms with van der Waals surface area (Å²) in [6.45, 7) is 4.68. The smallest absolute Gasteiger partial charge is 0.00820 e. The predicted octanol–water partition coefficient (Wildman–Crippen LogP) is 2.74. The van der Waals surface area contributed by atoms with Gasteiger partial charge in [0.1, 0.15) is 0 Å². The molecule has 1 aromatic rings. The van der Waals surface area contributed by atoms with Gasteiger partial charge in [0.2, 0.25) is 0 Å². The normalized spacial score (nSPS) is 22.4. The van der Waals surface area contributed by atoms with Crippen molar-refractivity contribution in [2.45, 2.75) is 51.1 Å². The van der Waals surface area contributed by atoms with Crippen LogP contribution >= 0.6 is 0 Å². The van der Waals surface area contributed by atoms with Gasteiger partial charge in [-0.3, -0.25) is 0 Å². The van der Waals surface area contributed by atoms with Crippen LogP contribution in [-0.2, 0) is 6.42 Å². The summed E-state index contributed by atoms with van der Waals surface area (Å²) in [7, 11) is 0. The molecular weight excluding hydrogens is 220 g/mol. The summed E-state index contributed by atoms with van der Waals surface area (Å²) < 4.78 is 0. The third-order valence-corrected chi connectivity index (χ3v) is 3.80. The number of hydrogen-bond acceptors (Lipinski definition) is 2. The number of hydrogen-bond donors (Lipinski definition) is 2. The van der Waals surface area contributed by atoms with E-state index in [1.54, 1.807) is 0 Å². The highest BCUT2D eigenvalue weighted by Gasteiger charge is 2.13. The van der Waals surface area contributed by atoms with Crippen LogP contribution in [0.15, 0.2) is 30.3 Å². The molecule has 2 nitrogen and oxygen atoms in total. The van der Waals surface area contributed by atoms with Crippen molar-refractivity contribution < 1.29 is 0 Å². The summed E-state index contributed by atoms with van der Waals surface area (Å²) in [5.41, 5.74) is 1.45. The first-order valence-electron chi connectivity index (χ1n) is 7.35. The van der Waals surface area contributed by atoms with Crippen molar-refractivity contribution in [1.82, 2.24) is 10.6 Å². The molecule has 1 heterocycles. The van der Waals surface area contributed by atoms with Crippen LogP contribution < -0.4 is 10.6 Å². The number of benzene rings is 1. The quantitative estimate of drug-likeness (QED) is 0.835. The molecule has 1 aliphatic heterocycles. The van der Waals surface area contributed by atoms with E-state index in [2.05, 4.69) is 47.9 Å². The first kappa shape index (κ1) is 13.6. The minimum atomic E-state index is 0.619. The number of rotatable bonds is 5. The molecule has 0 aromatic heterocycles. The number of nitrogens with one attached hydrogen (secondary N) is 2. The summed E-state index contributed by atoms with van der Waals surface area (Å²) in [5, 5.41) is 7.26. The molecule has 0 bridgehead atoms. The molecule has 2 N–H and O–H groups in total. The van der Waals surface area contributed by atoms with Crippen molar-refractivity contribution in [1.29, 1.82) is 0 Å². The van der Waals surface area contributed by atoms with Crippen LogP contribution in [0.5, 0.6) is 0 Å². The Morgan fingerprint density at radius 2 is 2.06 bits per heavy atom. The van der Waals surface area contributed by atoms with E-state index in [0.29, 0.717) is 12.1 Å². The summed E-state index contributed by atoms with van der Waals surface area (Å²) in [6.07, 6.45) is 6.31. The fourth-order valence-corrected chi connectivity index (χ4v) is 2.70. The standard InChI is InChI=1S/C16H26N2/c1-14(9-10-15-6-3-2-4-7-15)18-16-8-5-12-17-13-11-16/h2-4,6-7,14,16-18H,5,8-13H2,1H3. The van der Waals surface area contributed by atoms with E-state index in [-0.39, 0.29) is 0 Å². The van der Waals surface area contributed by atoms with Gasteiger partial charge in [-0.1, -0.05) is 30.3 Å². The maximum Gasteiger partial charge on any atom is 0.00820 e. The zero-order chi connectivity index (χ0) is 12.6. The summed E-state index contributed by atoms with van der Waals surface area (Å²) in [6, 6.07) is 12.1. The van der Waals surface area contributed by atoms with Gasteiger partial charge in [0, 0.05) is 12.1 Å². The highest BCUT2D eigenvalue weighted by Crippen LogP contribution is 2.09. The maximum absolute atomic E-state index is 3.79. The Labute approximate surface area is 111 Å². The zero-order valence-electron chi connectivity index (χ0n) is 11.5. The molecule has 1 fully saturated rings. The Balaban J connectivity index is 1.69. The second-order valence-electron chi connectivity index (χ2n) is 5.47. The molecule has 2 heteroatoms. The summed E-state index contributed by atoms with van der Waals surface area (Å²) in [4.78, 5) is 0. The minimum Gasteiger partial charge on any atom is -0.317 e. The van der Waals surface area contributed by atoms with E-state index in [9.17, 15) is 0 Å². The lowest BCUT2D eigenvalue weighted by Gasteiger charge is -2.21. The first-order chi connectivity index (χ1) is 8.84. The lowest BCUT2D eigenvalue weighted by atomic mass is 10.0. The van der Waals surface area contributed by atoms with E-state index in [0.717, 1.165) is 0 Å². The van der Waals surface area contributed by atoms with Gasteiger partial charge < -0.3 is 10.6 Å². The van der Waals surface area contributed by atoms with Crippen LogP contribution in [0.3, 0.4) is 0 Å². The summed E-state index contributed by atoms with van der Waals surface area (Å²) >= 11 is 0. The van der Waals surface area contributed by atoms with Gasteiger partial charge in [0.05, 0.1) is 0 Å². The van der Waals surface area contributed by atoms with E-state index >= 15 is 0 Å². The second-order valence-corrected chi connectivity index (χ2v) is 5.47. The van der Waals surface area contributed by atoms with Gasteiger partial charge in [-0.25, -0.2) is 0 Å². The van der Waals surface area contributed by atoms with Crippen molar-refractivity contribution in [3.63, 3.8) is 0 Å². The third kappa shape index (κ3) is 4.79. The lowest BCUT2D eigenvalue weighted by molar-refractivity contribution is 0.400. The average molecular weight is 246 g/mol. The van der Waals surface area contributed by atoms with Crippen molar-refractivity contribution in [3.05, 3.63) is 35.9 Å². The van der Waals surface area contributed by atoms with Gasteiger partial charge in [-0.2, -0.15) is 0 Å². The van der Waals surface area contributed by atoms with Crippen molar-refractivity contribution in [3.8, 4) is 0 Å². The Morgan fingerprint density at radius 3 is 2.89 bits per heavy atom. The van der Waals surface area contributed by atoms with Crippen molar-refractivity contribution >= 4 is 0 Å². The Bertz CT molecular complexity index is 315. The van der Waals surface area contributed by atoms with E-state index in [1.807, 2.05) is 0 Å². The van der Waals surface area contributed by atoms with Crippen molar-refractivity contribution in [2.24, 2.45) is 0 Å². The first-order valence-corrected chi connectivity index (χ1v) is 7.35. The molecule has 2 unspecified atom stereocenters. The molecule has 1 aromatic carbocycles. The largest absolute Gasteiger partial charge is 0.317 e. The van der Waals surface area contributed by atoms with E-state index < -0.39 is 0 Å². The van der Waals surface area contributed by atoms with Gasteiger partial charge in [0.15, 0.2) is 0 Å². The Kier molecular flexibility index (Phi) is 5.69. The highest BCUT2D eigenvalue weighted by molar-refractivity contribution is 5.14. The van der Waals surface area contributed by atoms with E-state index in [1.165, 1.54) is 50.8 Å². The van der Waals surface area contributed by atoms with Crippen molar-refractivity contribution in [2.75, 3.05) is 13.1 Å². The van der Waals surface area contributed by atoms with E-state index in [4.69, 9.17) is 0 Å². The summed E-state index contributed by atoms with van der Waals surface area (Å²) in [5.74, 6) is 0. The Hall–Kier alpha value is -0.860. The molecule has 2 atom stereocenters. The second kappa shape index (κ2) is 7.55. The van der Waals surface area contributed by atoms with Crippen LogP contribution in [0.2, 0.25) is 0 Å². The maximum atomic E-state index is 3.79. The molecule has 0 aliphatic carbocycles. The molecule has 0 saturated carbocycles. The number of aryl methyl sites for hydroxylation is 1. The molecule has 18 heavy (non-hydrogen) atoms. The fourth-order valence-electron chi connectivity index (χ4n) is 2.70. The third-order valence-electron chi connectivity index (χ3n) is 3.80. The molecule has 0 radical (unpaired) electrons. The molecule has 100 valence electrons. The molecular formula is C16H26N2. The van der Waals surface area contributed by atoms with Gasteiger partial charge in [0.25, 0.3) is 0 Å². The molecule has 0 amide bonds. The lowest BCUT2D eigenvalue weighted by Crippen LogP contribution is -2.37. The van der Waals surface area contributed by atoms with Gasteiger partial charge in [-0.15, -0.1) is 0 Å². The van der Waals surface area contributed by atoms with Gasteiger partial charge >= 0.3 is 0 Å². The van der Waals surface area contributed by atoms with Crippen LogP contribution in [0, 0.1) is 0 Å².